The maximum absolute atomic E-state index is 2.47. The summed E-state index contributed by atoms with van der Waals surface area (Å²) in [7, 11) is 0. The van der Waals surface area contributed by atoms with Crippen molar-refractivity contribution >= 4 is 44.1 Å². The Labute approximate surface area is 273 Å². The van der Waals surface area contributed by atoms with Gasteiger partial charge in [0, 0.05) is 20.6 Å². The molecule has 0 bridgehead atoms. The van der Waals surface area contributed by atoms with Crippen molar-refractivity contribution in [3.05, 3.63) is 157 Å². The molecule has 0 saturated heterocycles. The highest BCUT2D eigenvalue weighted by Crippen LogP contribution is 2.53. The molecule has 1 aliphatic carbocycles. The fraction of sp³-hybridized carbons (Fsp3) is 0.0667. The van der Waals surface area contributed by atoms with E-state index in [1.807, 2.05) is 11.8 Å². The van der Waals surface area contributed by atoms with Gasteiger partial charge in [-0.2, -0.15) is 0 Å². The van der Waals surface area contributed by atoms with Gasteiger partial charge in [0.05, 0.1) is 0 Å². The second-order valence-electron chi connectivity index (χ2n) is 13.2. The van der Waals surface area contributed by atoms with Crippen LogP contribution in [0.1, 0.15) is 25.0 Å². The molecule has 2 aliphatic rings. The Morgan fingerprint density at radius 2 is 0.935 bits per heavy atom. The lowest BCUT2D eigenvalue weighted by molar-refractivity contribution is 0.660. The van der Waals surface area contributed by atoms with Crippen LogP contribution < -0.4 is 0 Å². The molecule has 10 rings (SSSR count). The first-order valence-corrected chi connectivity index (χ1v) is 16.9. The Hall–Kier alpha value is -5.11. The molecule has 0 nitrogen and oxygen atoms in total. The highest BCUT2D eigenvalue weighted by Gasteiger charge is 2.35. The first-order chi connectivity index (χ1) is 22.6. The lowest BCUT2D eigenvalue weighted by Gasteiger charge is -2.24. The lowest BCUT2D eigenvalue weighted by Crippen LogP contribution is -2.14. The largest absolute Gasteiger partial charge is 0.0888 e. The summed E-state index contributed by atoms with van der Waals surface area (Å²) in [5, 5.41) is 7.86. The molecule has 8 aromatic carbocycles. The molecule has 0 spiro atoms. The van der Waals surface area contributed by atoms with Crippen LogP contribution in [0.4, 0.5) is 0 Å². The summed E-state index contributed by atoms with van der Waals surface area (Å²) in [6.07, 6.45) is 0. The summed E-state index contributed by atoms with van der Waals surface area (Å²) in [5.41, 5.74) is 13.4. The first kappa shape index (κ1) is 26.1. The zero-order chi connectivity index (χ0) is 30.6. The highest BCUT2D eigenvalue weighted by atomic mass is 32.2. The zero-order valence-corrected chi connectivity index (χ0v) is 26.6. The van der Waals surface area contributed by atoms with E-state index in [-0.39, 0.29) is 5.41 Å². The standard InChI is InChI=1S/C45H30S/c1-45(2)38-19-9-7-12-28(38)29-23-22-27(26-39(29)45)42-31-14-3-5-16-33(31)43(34-17-6-4-15-32(34)42)37-25-24-36-30-13-8-10-20-40(30)46-41-21-11-18-35(37)44(36)41/h3-26H,1-2H3. The average molecular weight is 603 g/mol. The van der Waals surface area contributed by atoms with Crippen LogP contribution in [0.3, 0.4) is 0 Å². The van der Waals surface area contributed by atoms with Gasteiger partial charge in [-0.1, -0.05) is 153 Å². The summed E-state index contributed by atoms with van der Waals surface area (Å²) in [6.45, 7) is 4.74. The molecule has 0 amide bonds. The number of rotatable bonds is 2. The first-order valence-electron chi connectivity index (χ1n) is 16.1. The smallest absolute Gasteiger partial charge is 0.0207 e. The van der Waals surface area contributed by atoms with E-state index in [9.17, 15) is 0 Å². The Kier molecular flexibility index (Phi) is 5.37. The topological polar surface area (TPSA) is 0 Å². The fourth-order valence-corrected chi connectivity index (χ4v) is 9.53. The number of hydrogen-bond donors (Lipinski definition) is 0. The van der Waals surface area contributed by atoms with Crippen molar-refractivity contribution in [2.45, 2.75) is 29.1 Å². The van der Waals surface area contributed by atoms with Gasteiger partial charge in [0.2, 0.25) is 0 Å². The third-order valence-electron chi connectivity index (χ3n) is 10.5. The van der Waals surface area contributed by atoms with Crippen LogP contribution >= 0.6 is 11.8 Å². The van der Waals surface area contributed by atoms with E-state index in [0.717, 1.165) is 0 Å². The molecule has 0 radical (unpaired) electrons. The summed E-state index contributed by atoms with van der Waals surface area (Å²) in [4.78, 5) is 2.66. The van der Waals surface area contributed by atoms with Crippen LogP contribution in [0.2, 0.25) is 0 Å². The van der Waals surface area contributed by atoms with Crippen LogP contribution in [-0.2, 0) is 5.41 Å². The van der Waals surface area contributed by atoms with Gasteiger partial charge in [-0.05, 0) is 101 Å². The maximum atomic E-state index is 2.47. The second kappa shape index (κ2) is 9.45. The third-order valence-corrected chi connectivity index (χ3v) is 11.6. The summed E-state index contributed by atoms with van der Waals surface area (Å²) in [6, 6.07) is 54.6. The predicted octanol–water partition coefficient (Wildman–Crippen LogP) is 12.9. The maximum Gasteiger partial charge on any atom is 0.0207 e. The molecule has 0 aromatic heterocycles. The zero-order valence-electron chi connectivity index (χ0n) is 25.8. The van der Waals surface area contributed by atoms with Gasteiger partial charge in [-0.25, -0.2) is 0 Å². The molecule has 0 N–H and O–H groups in total. The molecule has 0 unspecified atom stereocenters. The monoisotopic (exact) mass is 602 g/mol. The Morgan fingerprint density at radius 1 is 0.391 bits per heavy atom. The minimum absolute atomic E-state index is 0.0481. The van der Waals surface area contributed by atoms with Crippen molar-refractivity contribution in [1.82, 2.24) is 0 Å². The fourth-order valence-electron chi connectivity index (χ4n) is 8.39. The van der Waals surface area contributed by atoms with Gasteiger partial charge in [-0.15, -0.1) is 0 Å². The van der Waals surface area contributed by atoms with E-state index in [0.29, 0.717) is 0 Å². The molecular weight excluding hydrogens is 573 g/mol. The number of benzene rings is 8. The van der Waals surface area contributed by atoms with Crippen molar-refractivity contribution in [1.29, 1.82) is 0 Å². The SMILES string of the molecule is CC1(C)c2ccccc2-c2ccc(-c3c4ccccc4c(-c4ccc5c6c(cccc46)Sc4ccccc4-5)c4ccccc34)cc21. The van der Waals surface area contributed by atoms with E-state index in [1.54, 1.807) is 0 Å². The molecule has 1 aliphatic heterocycles. The van der Waals surface area contributed by atoms with E-state index in [1.165, 1.54) is 97.7 Å². The van der Waals surface area contributed by atoms with Gasteiger partial charge in [0.15, 0.2) is 0 Å². The molecule has 8 aromatic rings. The predicted molar refractivity (Wildman–Crippen MR) is 197 cm³/mol. The van der Waals surface area contributed by atoms with Crippen molar-refractivity contribution in [3.8, 4) is 44.5 Å². The highest BCUT2D eigenvalue weighted by molar-refractivity contribution is 7.99. The second-order valence-corrected chi connectivity index (χ2v) is 14.3. The van der Waals surface area contributed by atoms with Gasteiger partial charge in [-0.3, -0.25) is 0 Å². The van der Waals surface area contributed by atoms with Crippen molar-refractivity contribution in [2.24, 2.45) is 0 Å². The summed E-state index contributed by atoms with van der Waals surface area (Å²) >= 11 is 1.89. The normalized spacial score (nSPS) is 14.0. The van der Waals surface area contributed by atoms with Gasteiger partial charge >= 0.3 is 0 Å². The Morgan fingerprint density at radius 3 is 1.70 bits per heavy atom. The van der Waals surface area contributed by atoms with E-state index >= 15 is 0 Å². The van der Waals surface area contributed by atoms with Crippen LogP contribution in [0.15, 0.2) is 155 Å². The molecule has 0 atom stereocenters. The quantitative estimate of drug-likeness (QED) is 0.177. The molecule has 1 heterocycles. The summed E-state index contributed by atoms with van der Waals surface area (Å²) < 4.78 is 0. The van der Waals surface area contributed by atoms with Crippen LogP contribution in [0, 0.1) is 0 Å². The van der Waals surface area contributed by atoms with E-state index in [2.05, 4.69) is 159 Å². The van der Waals surface area contributed by atoms with Crippen molar-refractivity contribution in [2.75, 3.05) is 0 Å². The minimum atomic E-state index is -0.0481. The van der Waals surface area contributed by atoms with E-state index in [4.69, 9.17) is 0 Å². The molecule has 1 heteroatoms. The Balaban J connectivity index is 1.27. The van der Waals surface area contributed by atoms with Crippen molar-refractivity contribution < 1.29 is 0 Å². The number of fused-ring (bicyclic) bond motifs is 7. The van der Waals surface area contributed by atoms with Crippen LogP contribution in [0.5, 0.6) is 0 Å². The Bertz CT molecular complexity index is 2530. The third kappa shape index (κ3) is 3.47. The molecule has 0 fully saturated rings. The molecule has 216 valence electrons. The van der Waals surface area contributed by atoms with Crippen LogP contribution in [-0.4, -0.2) is 0 Å². The van der Waals surface area contributed by atoms with Gasteiger partial charge < -0.3 is 0 Å². The number of hydrogen-bond acceptors (Lipinski definition) is 1. The van der Waals surface area contributed by atoms with Crippen LogP contribution in [0.25, 0.3) is 76.8 Å². The minimum Gasteiger partial charge on any atom is -0.0888 e. The average Bonchev–Trinajstić information content (AvgIpc) is 3.33. The van der Waals surface area contributed by atoms with Gasteiger partial charge in [0.25, 0.3) is 0 Å². The van der Waals surface area contributed by atoms with E-state index < -0.39 is 0 Å². The molecule has 46 heavy (non-hydrogen) atoms. The summed E-state index contributed by atoms with van der Waals surface area (Å²) in [5.74, 6) is 0. The molecule has 0 saturated carbocycles. The lowest BCUT2D eigenvalue weighted by atomic mass is 9.80. The van der Waals surface area contributed by atoms with Crippen molar-refractivity contribution in [3.63, 3.8) is 0 Å². The van der Waals surface area contributed by atoms with Gasteiger partial charge in [0.1, 0.15) is 0 Å². The molecular formula is C45H30S.